The monoisotopic (exact) mass is 272 g/mol. The lowest BCUT2D eigenvalue weighted by Gasteiger charge is -2.27. The van der Waals surface area contributed by atoms with E-state index in [-0.39, 0.29) is 0 Å². The average molecular weight is 272 g/mol. The van der Waals surface area contributed by atoms with Crippen LogP contribution in [0.25, 0.3) is 0 Å². The molecule has 0 aromatic rings. The van der Waals surface area contributed by atoms with Crippen molar-refractivity contribution >= 4 is 12.0 Å². The smallest absolute Gasteiger partial charge is 0.408 e. The van der Waals surface area contributed by atoms with Crippen molar-refractivity contribution in [3.8, 4) is 0 Å². The Bertz CT molecular complexity index is 360. The minimum absolute atomic E-state index is 0.518. The first-order valence-electron chi connectivity index (χ1n) is 6.12. The van der Waals surface area contributed by atoms with Gasteiger partial charge in [-0.3, -0.25) is 10.0 Å². The van der Waals surface area contributed by atoms with Gasteiger partial charge in [-0.2, -0.15) is 0 Å². The summed E-state index contributed by atoms with van der Waals surface area (Å²) < 4.78 is 5.03. The van der Waals surface area contributed by atoms with Crippen LogP contribution in [0.1, 0.15) is 41.5 Å². The summed E-state index contributed by atoms with van der Waals surface area (Å²) in [6, 6.07) is -1.41. The van der Waals surface area contributed by atoms with Gasteiger partial charge in [0.15, 0.2) is 0 Å². The lowest BCUT2D eigenvalue weighted by atomic mass is 10.1. The maximum atomic E-state index is 11.9. The van der Waals surface area contributed by atoms with E-state index in [9.17, 15) is 14.8 Å². The third kappa shape index (κ3) is 6.24. The van der Waals surface area contributed by atoms with Gasteiger partial charge in [0.25, 0.3) is 5.91 Å². The Labute approximate surface area is 114 Å². The minimum Gasteiger partial charge on any atom is -0.444 e. The SMILES string of the molecule is C=C(C)C(C)N(O)C(=O)[C@H](C)NC(=O)OC(C)(C)C. The van der Waals surface area contributed by atoms with Crippen LogP contribution >= 0.6 is 0 Å². The van der Waals surface area contributed by atoms with Gasteiger partial charge in [-0.15, -0.1) is 0 Å². The molecule has 0 aliphatic heterocycles. The molecule has 1 unspecified atom stereocenters. The number of hydrogen-bond acceptors (Lipinski definition) is 4. The number of nitrogens with one attached hydrogen (secondary N) is 1. The molecule has 0 aromatic heterocycles. The Morgan fingerprint density at radius 3 is 2.16 bits per heavy atom. The van der Waals surface area contributed by atoms with E-state index in [0.29, 0.717) is 10.6 Å². The predicted octanol–water partition coefficient (Wildman–Crippen LogP) is 2.08. The Morgan fingerprint density at radius 1 is 1.32 bits per heavy atom. The number of hydroxylamine groups is 2. The molecule has 0 rings (SSSR count). The summed E-state index contributed by atoms with van der Waals surface area (Å²) >= 11 is 0. The number of hydrogen-bond donors (Lipinski definition) is 2. The molecule has 2 atom stereocenters. The number of amides is 2. The fourth-order valence-corrected chi connectivity index (χ4v) is 1.14. The molecule has 0 aliphatic carbocycles. The molecule has 110 valence electrons. The maximum Gasteiger partial charge on any atom is 0.408 e. The fraction of sp³-hybridized carbons (Fsp3) is 0.692. The largest absolute Gasteiger partial charge is 0.444 e. The van der Waals surface area contributed by atoms with E-state index in [1.165, 1.54) is 6.92 Å². The zero-order valence-electron chi connectivity index (χ0n) is 12.5. The van der Waals surface area contributed by atoms with E-state index in [1.807, 2.05) is 0 Å². The lowest BCUT2D eigenvalue weighted by Crippen LogP contribution is -2.49. The molecule has 6 heteroatoms. The van der Waals surface area contributed by atoms with E-state index in [2.05, 4.69) is 11.9 Å². The van der Waals surface area contributed by atoms with Crippen molar-refractivity contribution in [3.63, 3.8) is 0 Å². The fourth-order valence-electron chi connectivity index (χ4n) is 1.14. The Balaban J connectivity index is 4.50. The first kappa shape index (κ1) is 17.4. The number of nitrogens with zero attached hydrogens (tertiary/aromatic N) is 1. The highest BCUT2D eigenvalue weighted by molar-refractivity contribution is 5.84. The number of carbonyl (C=O) groups excluding carboxylic acids is 2. The second-order valence-corrected chi connectivity index (χ2v) is 5.57. The van der Waals surface area contributed by atoms with Crippen LogP contribution < -0.4 is 5.32 Å². The van der Waals surface area contributed by atoms with E-state index >= 15 is 0 Å². The molecule has 6 nitrogen and oxygen atoms in total. The van der Waals surface area contributed by atoms with Crippen LogP contribution in [0.2, 0.25) is 0 Å². The van der Waals surface area contributed by atoms with Gasteiger partial charge in [-0.1, -0.05) is 12.2 Å². The van der Waals surface area contributed by atoms with Crippen molar-refractivity contribution in [1.82, 2.24) is 10.4 Å². The van der Waals surface area contributed by atoms with Crippen molar-refractivity contribution in [2.75, 3.05) is 0 Å². The standard InChI is InChI=1S/C13H24N2O4/c1-8(2)10(4)15(18)11(16)9(3)14-12(17)19-13(5,6)7/h9-10,18H,1H2,2-7H3,(H,14,17)/t9-,10?/m0/s1. The number of rotatable bonds is 4. The minimum atomic E-state index is -0.887. The highest BCUT2D eigenvalue weighted by Gasteiger charge is 2.26. The predicted molar refractivity (Wildman–Crippen MR) is 71.7 cm³/mol. The van der Waals surface area contributed by atoms with Gasteiger partial charge in [0, 0.05) is 0 Å². The van der Waals surface area contributed by atoms with Gasteiger partial charge in [-0.05, 0) is 41.5 Å². The van der Waals surface area contributed by atoms with E-state index < -0.39 is 29.7 Å². The third-order valence-electron chi connectivity index (χ3n) is 2.41. The zero-order valence-corrected chi connectivity index (χ0v) is 12.5. The van der Waals surface area contributed by atoms with Gasteiger partial charge >= 0.3 is 6.09 Å². The number of carbonyl (C=O) groups is 2. The summed E-state index contributed by atoms with van der Waals surface area (Å²) in [6.07, 6.45) is -0.704. The Hall–Kier alpha value is -1.56. The first-order chi connectivity index (χ1) is 8.45. The van der Waals surface area contributed by atoms with Gasteiger partial charge in [0.1, 0.15) is 11.6 Å². The molecule has 2 N–H and O–H groups in total. The van der Waals surface area contributed by atoms with E-state index in [1.54, 1.807) is 34.6 Å². The molecule has 0 fully saturated rings. The Kier molecular flexibility index (Phi) is 6.02. The van der Waals surface area contributed by atoms with Gasteiger partial charge in [0.2, 0.25) is 0 Å². The molecule has 0 aromatic carbocycles. The number of alkyl carbamates (subject to hydrolysis) is 1. The van der Waals surface area contributed by atoms with Crippen molar-refractivity contribution in [2.45, 2.75) is 59.2 Å². The maximum absolute atomic E-state index is 11.9. The highest BCUT2D eigenvalue weighted by atomic mass is 16.6. The van der Waals surface area contributed by atoms with Crippen LogP contribution in [0.15, 0.2) is 12.2 Å². The average Bonchev–Trinajstić information content (AvgIpc) is 2.22. The second kappa shape index (κ2) is 6.56. The molecule has 0 saturated heterocycles. The van der Waals surface area contributed by atoms with Crippen molar-refractivity contribution < 1.29 is 19.5 Å². The normalized spacial score (nSPS) is 14.3. The summed E-state index contributed by atoms with van der Waals surface area (Å²) in [7, 11) is 0. The Morgan fingerprint density at radius 2 is 1.79 bits per heavy atom. The highest BCUT2D eigenvalue weighted by Crippen LogP contribution is 2.09. The molecule has 19 heavy (non-hydrogen) atoms. The molecular formula is C13H24N2O4. The summed E-state index contributed by atoms with van der Waals surface area (Å²) in [5, 5.41) is 12.6. The van der Waals surface area contributed by atoms with E-state index in [0.717, 1.165) is 0 Å². The van der Waals surface area contributed by atoms with Crippen molar-refractivity contribution in [2.24, 2.45) is 0 Å². The molecular weight excluding hydrogens is 248 g/mol. The van der Waals surface area contributed by atoms with Gasteiger partial charge in [0.05, 0.1) is 6.04 Å². The van der Waals surface area contributed by atoms with Gasteiger partial charge < -0.3 is 10.1 Å². The topological polar surface area (TPSA) is 78.9 Å². The van der Waals surface area contributed by atoms with Crippen LogP contribution in [0.4, 0.5) is 4.79 Å². The molecule has 0 saturated carbocycles. The first-order valence-corrected chi connectivity index (χ1v) is 6.12. The molecule has 0 aliphatic rings. The quantitative estimate of drug-likeness (QED) is 0.466. The molecule has 0 spiro atoms. The summed E-state index contributed by atoms with van der Waals surface area (Å²) in [5.74, 6) is -0.624. The third-order valence-corrected chi connectivity index (χ3v) is 2.41. The van der Waals surface area contributed by atoms with Crippen LogP contribution in [0, 0.1) is 0 Å². The van der Waals surface area contributed by atoms with Crippen molar-refractivity contribution in [3.05, 3.63) is 12.2 Å². The van der Waals surface area contributed by atoms with E-state index in [4.69, 9.17) is 4.74 Å². The molecule has 2 amide bonds. The second-order valence-electron chi connectivity index (χ2n) is 5.57. The number of ether oxygens (including phenoxy) is 1. The van der Waals surface area contributed by atoms with Crippen molar-refractivity contribution in [1.29, 1.82) is 0 Å². The molecule has 0 radical (unpaired) electrons. The summed E-state index contributed by atoms with van der Waals surface area (Å²) in [6.45, 7) is 13.6. The van der Waals surface area contributed by atoms with Crippen LogP contribution in [-0.4, -0.2) is 40.0 Å². The zero-order chi connectivity index (χ0) is 15.4. The van der Waals surface area contributed by atoms with Crippen LogP contribution in [-0.2, 0) is 9.53 Å². The van der Waals surface area contributed by atoms with Crippen LogP contribution in [0.5, 0.6) is 0 Å². The molecule has 0 heterocycles. The summed E-state index contributed by atoms with van der Waals surface area (Å²) in [5.41, 5.74) is -0.00293. The summed E-state index contributed by atoms with van der Waals surface area (Å²) in [4.78, 5) is 23.4. The van der Waals surface area contributed by atoms with Gasteiger partial charge in [-0.25, -0.2) is 9.86 Å². The lowest BCUT2D eigenvalue weighted by molar-refractivity contribution is -0.173. The van der Waals surface area contributed by atoms with Crippen LogP contribution in [0.3, 0.4) is 0 Å². The molecule has 0 bridgehead atoms.